The Morgan fingerprint density at radius 3 is 2.56 bits per heavy atom. The molecule has 0 radical (unpaired) electrons. The average molecular weight is 585 g/mol. The molecule has 4 aromatic rings. The van der Waals surface area contributed by atoms with Crippen molar-refractivity contribution in [1.29, 1.82) is 0 Å². The van der Waals surface area contributed by atoms with Gasteiger partial charge in [-0.25, -0.2) is 4.98 Å². The average Bonchev–Trinajstić information content (AvgIpc) is 2.89. The quantitative estimate of drug-likeness (QED) is 0.216. The third kappa shape index (κ3) is 5.36. The third-order valence-electron chi connectivity index (χ3n) is 6.42. The Morgan fingerprint density at radius 2 is 1.78 bits per heavy atom. The Balaban J connectivity index is 1.46. The van der Waals surface area contributed by atoms with E-state index in [0.717, 1.165) is 42.6 Å². The number of nitrogens with zero attached hydrogens (tertiary/aromatic N) is 3. The zero-order valence-electron chi connectivity index (χ0n) is 19.5. The van der Waals surface area contributed by atoms with Crippen LogP contribution in [0.1, 0.15) is 55.0 Å². The van der Waals surface area contributed by atoms with Gasteiger partial charge in [0.05, 0.1) is 26.6 Å². The summed E-state index contributed by atoms with van der Waals surface area (Å²) in [6, 6.07) is 18.6. The lowest BCUT2D eigenvalue weighted by molar-refractivity contribution is 0.304. The maximum absolute atomic E-state index is 13.4. The summed E-state index contributed by atoms with van der Waals surface area (Å²) in [7, 11) is 0. The number of para-hydroxylation sites is 1. The van der Waals surface area contributed by atoms with E-state index in [1.807, 2.05) is 48.5 Å². The smallest absolute Gasteiger partial charge is 0.282 e. The SMILES string of the molecule is O=c1c2ccccc2nc(C2CCCCC2)n1N=Cc1cc(Cl)c(OCc2ccccc2Cl)c(Br)c1. The van der Waals surface area contributed by atoms with Gasteiger partial charge in [-0.05, 0) is 64.7 Å². The van der Waals surface area contributed by atoms with Gasteiger partial charge in [0.1, 0.15) is 12.4 Å². The molecular weight excluding hydrogens is 561 g/mol. The van der Waals surface area contributed by atoms with Crippen molar-refractivity contribution in [2.45, 2.75) is 44.6 Å². The molecule has 0 N–H and O–H groups in total. The van der Waals surface area contributed by atoms with E-state index in [9.17, 15) is 4.79 Å². The van der Waals surface area contributed by atoms with Gasteiger partial charge < -0.3 is 4.74 Å². The molecule has 5 rings (SSSR count). The van der Waals surface area contributed by atoms with Crippen LogP contribution in [-0.4, -0.2) is 15.9 Å². The van der Waals surface area contributed by atoms with E-state index < -0.39 is 0 Å². The minimum Gasteiger partial charge on any atom is -0.486 e. The van der Waals surface area contributed by atoms with Crippen LogP contribution in [-0.2, 0) is 6.61 Å². The van der Waals surface area contributed by atoms with Gasteiger partial charge in [0.15, 0.2) is 5.75 Å². The van der Waals surface area contributed by atoms with E-state index in [-0.39, 0.29) is 18.1 Å². The first-order valence-corrected chi connectivity index (χ1v) is 13.5. The molecule has 5 nitrogen and oxygen atoms in total. The van der Waals surface area contributed by atoms with Crippen molar-refractivity contribution in [2.75, 3.05) is 0 Å². The topological polar surface area (TPSA) is 56.5 Å². The van der Waals surface area contributed by atoms with Crippen LogP contribution in [0.4, 0.5) is 0 Å². The lowest BCUT2D eigenvalue weighted by atomic mass is 9.88. The molecule has 0 atom stereocenters. The number of hydrogen-bond donors (Lipinski definition) is 0. The van der Waals surface area contributed by atoms with Crippen LogP contribution in [0.15, 0.2) is 75.0 Å². The van der Waals surface area contributed by atoms with E-state index in [0.29, 0.717) is 31.2 Å². The Labute approximate surface area is 227 Å². The number of halogens is 3. The van der Waals surface area contributed by atoms with Crippen molar-refractivity contribution in [3.8, 4) is 5.75 Å². The van der Waals surface area contributed by atoms with Gasteiger partial charge in [-0.1, -0.05) is 72.8 Å². The van der Waals surface area contributed by atoms with Gasteiger partial charge in [-0.15, -0.1) is 0 Å². The fraction of sp³-hybridized carbons (Fsp3) is 0.250. The summed E-state index contributed by atoms with van der Waals surface area (Å²) >= 11 is 16.3. The van der Waals surface area contributed by atoms with E-state index in [4.69, 9.17) is 32.9 Å². The highest BCUT2D eigenvalue weighted by molar-refractivity contribution is 9.10. The molecule has 1 saturated carbocycles. The predicted molar refractivity (Wildman–Crippen MR) is 150 cm³/mol. The maximum Gasteiger partial charge on any atom is 0.282 e. The van der Waals surface area contributed by atoms with Gasteiger partial charge in [0.25, 0.3) is 5.56 Å². The Kier molecular flexibility index (Phi) is 7.75. The van der Waals surface area contributed by atoms with Crippen LogP contribution in [0.25, 0.3) is 10.9 Å². The summed E-state index contributed by atoms with van der Waals surface area (Å²) < 4.78 is 8.09. The molecule has 0 aliphatic heterocycles. The predicted octanol–water partition coefficient (Wildman–Crippen LogP) is 7.97. The molecule has 0 saturated heterocycles. The molecule has 0 amide bonds. The van der Waals surface area contributed by atoms with E-state index >= 15 is 0 Å². The molecule has 1 aliphatic carbocycles. The lowest BCUT2D eigenvalue weighted by Crippen LogP contribution is -2.25. The second-order valence-electron chi connectivity index (χ2n) is 8.88. The molecule has 3 aromatic carbocycles. The number of hydrogen-bond acceptors (Lipinski definition) is 4. The van der Waals surface area contributed by atoms with Crippen molar-refractivity contribution < 1.29 is 4.74 Å². The van der Waals surface area contributed by atoms with Gasteiger partial charge in [0, 0.05) is 16.5 Å². The molecule has 184 valence electrons. The summed E-state index contributed by atoms with van der Waals surface area (Å²) in [6.45, 7) is 0.286. The van der Waals surface area contributed by atoms with Gasteiger partial charge in [0.2, 0.25) is 0 Å². The highest BCUT2D eigenvalue weighted by atomic mass is 79.9. The summed E-state index contributed by atoms with van der Waals surface area (Å²) in [5.41, 5.74) is 2.14. The van der Waals surface area contributed by atoms with Gasteiger partial charge in [-0.3, -0.25) is 4.79 Å². The Morgan fingerprint density at radius 1 is 1.03 bits per heavy atom. The molecule has 0 bridgehead atoms. The maximum atomic E-state index is 13.4. The fourth-order valence-corrected chi connectivity index (χ4v) is 5.74. The highest BCUT2D eigenvalue weighted by Gasteiger charge is 2.22. The zero-order chi connectivity index (χ0) is 25.1. The minimum atomic E-state index is -0.165. The van der Waals surface area contributed by atoms with E-state index in [1.165, 1.54) is 11.1 Å². The molecular formula is C28H24BrCl2N3O2. The van der Waals surface area contributed by atoms with Crippen LogP contribution in [0.3, 0.4) is 0 Å². The van der Waals surface area contributed by atoms with Crippen LogP contribution < -0.4 is 10.3 Å². The largest absolute Gasteiger partial charge is 0.486 e. The van der Waals surface area contributed by atoms with Crippen LogP contribution >= 0.6 is 39.1 Å². The second kappa shape index (κ2) is 11.2. The van der Waals surface area contributed by atoms with Crippen molar-refractivity contribution in [1.82, 2.24) is 9.66 Å². The first kappa shape index (κ1) is 25.0. The molecule has 1 aliphatic rings. The van der Waals surface area contributed by atoms with Crippen molar-refractivity contribution in [3.05, 3.63) is 102 Å². The molecule has 36 heavy (non-hydrogen) atoms. The van der Waals surface area contributed by atoms with Gasteiger partial charge >= 0.3 is 0 Å². The van der Waals surface area contributed by atoms with Gasteiger partial charge in [-0.2, -0.15) is 9.78 Å². The molecule has 1 fully saturated rings. The fourth-order valence-electron chi connectivity index (χ4n) is 4.56. The summed E-state index contributed by atoms with van der Waals surface area (Å²) in [5.74, 6) is 1.45. The first-order chi connectivity index (χ1) is 17.5. The number of ether oxygens (including phenoxy) is 1. The molecule has 8 heteroatoms. The minimum absolute atomic E-state index is 0.165. The lowest BCUT2D eigenvalue weighted by Gasteiger charge is -2.22. The van der Waals surface area contributed by atoms with Crippen LogP contribution in [0, 0.1) is 0 Å². The molecule has 1 heterocycles. The van der Waals surface area contributed by atoms with Crippen molar-refractivity contribution in [2.24, 2.45) is 5.10 Å². The monoisotopic (exact) mass is 583 g/mol. The van der Waals surface area contributed by atoms with Crippen molar-refractivity contribution in [3.63, 3.8) is 0 Å². The first-order valence-electron chi connectivity index (χ1n) is 11.9. The number of rotatable bonds is 6. The standard InChI is InChI=1S/C28H24BrCl2N3O2/c29-22-14-18(15-24(31)26(22)36-17-20-10-4-6-12-23(20)30)16-32-34-27(19-8-2-1-3-9-19)33-25-13-7-5-11-21(25)28(34)35/h4-7,10-16,19H,1-3,8-9,17H2. The normalized spacial score (nSPS) is 14.5. The van der Waals surface area contributed by atoms with E-state index in [1.54, 1.807) is 18.3 Å². The zero-order valence-corrected chi connectivity index (χ0v) is 22.6. The molecule has 1 aromatic heterocycles. The third-order valence-corrected chi connectivity index (χ3v) is 7.66. The Hall–Kier alpha value is -2.67. The van der Waals surface area contributed by atoms with Crippen LogP contribution in [0.5, 0.6) is 5.75 Å². The number of aromatic nitrogens is 2. The highest BCUT2D eigenvalue weighted by Crippen LogP contribution is 2.35. The molecule has 0 spiro atoms. The van der Waals surface area contributed by atoms with E-state index in [2.05, 4.69) is 21.0 Å². The van der Waals surface area contributed by atoms with Crippen molar-refractivity contribution >= 4 is 56.2 Å². The number of fused-ring (bicyclic) bond motifs is 1. The summed E-state index contributed by atoms with van der Waals surface area (Å²) in [6.07, 6.45) is 7.14. The summed E-state index contributed by atoms with van der Waals surface area (Å²) in [5, 5.41) is 6.21. The second-order valence-corrected chi connectivity index (χ2v) is 10.5. The Bertz CT molecular complexity index is 1470. The molecule has 0 unspecified atom stereocenters. The summed E-state index contributed by atoms with van der Waals surface area (Å²) in [4.78, 5) is 18.3. The van der Waals surface area contributed by atoms with Crippen LogP contribution in [0.2, 0.25) is 10.0 Å². The number of benzene rings is 3.